The van der Waals surface area contributed by atoms with Gasteiger partial charge in [-0.15, -0.1) is 11.8 Å². The van der Waals surface area contributed by atoms with Crippen LogP contribution in [0.1, 0.15) is 59.8 Å². The lowest BCUT2D eigenvalue weighted by molar-refractivity contribution is -0.146. The quantitative estimate of drug-likeness (QED) is 0.255. The van der Waals surface area contributed by atoms with Crippen molar-refractivity contribution in [2.75, 3.05) is 30.3 Å². The molecule has 11 heteroatoms. The summed E-state index contributed by atoms with van der Waals surface area (Å²) in [6.07, 6.45) is 3.21. The van der Waals surface area contributed by atoms with Gasteiger partial charge in [0.05, 0.1) is 18.3 Å². The number of nitrogens with zero attached hydrogens (tertiary/aromatic N) is 1. The molecule has 1 aliphatic rings. The summed E-state index contributed by atoms with van der Waals surface area (Å²) < 4.78 is 10.4. The molecule has 0 unspecified atom stereocenters. The number of carboxylic acid groups (broad SMARTS) is 1. The second-order valence-corrected chi connectivity index (χ2v) is 10.8. The number of alkyl carbamates (subject to hydrolysis) is 1. The third-order valence-corrected chi connectivity index (χ3v) is 6.64. The fraction of sp³-hybridized carbons (Fsp3) is 0.615. The van der Waals surface area contributed by atoms with Crippen molar-refractivity contribution in [1.82, 2.24) is 10.6 Å². The molecular weight excluding hydrogens is 498 g/mol. The number of thioether (sulfide) groups is 1. The molecule has 0 aromatic heterocycles. The maximum atomic E-state index is 13.3. The van der Waals surface area contributed by atoms with E-state index < -0.39 is 42.3 Å². The van der Waals surface area contributed by atoms with Crippen LogP contribution in [-0.4, -0.2) is 72.2 Å². The Kier molecular flexibility index (Phi) is 12.2. The summed E-state index contributed by atoms with van der Waals surface area (Å²) in [5.74, 6) is -1.57. The molecule has 0 saturated heterocycles. The number of amides is 2. The first-order valence-electron chi connectivity index (χ1n) is 12.7. The predicted molar refractivity (Wildman–Crippen MR) is 142 cm³/mol. The predicted octanol–water partition coefficient (Wildman–Crippen LogP) is 3.58. The molecular formula is C26H39N3O7S. The van der Waals surface area contributed by atoms with Gasteiger partial charge in [-0.3, -0.25) is 24.6 Å². The van der Waals surface area contributed by atoms with Crippen LogP contribution in [0, 0.1) is 0 Å². The first-order valence-corrected chi connectivity index (χ1v) is 13.6. The van der Waals surface area contributed by atoms with Crippen LogP contribution in [0.2, 0.25) is 0 Å². The maximum Gasteiger partial charge on any atom is 0.407 e. The number of esters is 1. The molecule has 1 aromatic rings. The van der Waals surface area contributed by atoms with E-state index in [4.69, 9.17) is 9.47 Å². The molecule has 0 aliphatic carbocycles. The molecule has 1 heterocycles. The molecule has 2 amide bonds. The molecule has 206 valence electrons. The van der Waals surface area contributed by atoms with Crippen molar-refractivity contribution in [3.05, 3.63) is 24.3 Å². The summed E-state index contributed by atoms with van der Waals surface area (Å²) in [4.78, 5) is 51.3. The molecule has 1 aliphatic heterocycles. The van der Waals surface area contributed by atoms with E-state index in [2.05, 4.69) is 10.6 Å². The number of rotatable bonds is 13. The van der Waals surface area contributed by atoms with Gasteiger partial charge in [-0.05, 0) is 52.7 Å². The third-order valence-electron chi connectivity index (χ3n) is 5.48. The Bertz CT molecular complexity index is 935. The van der Waals surface area contributed by atoms with E-state index >= 15 is 0 Å². The summed E-state index contributed by atoms with van der Waals surface area (Å²) in [5.41, 5.74) is 0.0148. The smallest absolute Gasteiger partial charge is 0.407 e. The highest BCUT2D eigenvalue weighted by Crippen LogP contribution is 2.34. The zero-order chi connectivity index (χ0) is 27.4. The van der Waals surface area contributed by atoms with Crippen molar-refractivity contribution < 1.29 is 33.8 Å². The zero-order valence-corrected chi connectivity index (χ0v) is 22.9. The van der Waals surface area contributed by atoms with Gasteiger partial charge in [0.2, 0.25) is 5.91 Å². The van der Waals surface area contributed by atoms with Gasteiger partial charge in [0.25, 0.3) is 0 Å². The van der Waals surface area contributed by atoms with E-state index in [0.717, 1.165) is 30.6 Å². The van der Waals surface area contributed by atoms with Crippen molar-refractivity contribution in [1.29, 1.82) is 0 Å². The normalized spacial score (nSPS) is 16.4. The number of hydrogen-bond donors (Lipinski definition) is 3. The highest BCUT2D eigenvalue weighted by molar-refractivity contribution is 7.99. The molecule has 0 bridgehead atoms. The highest BCUT2D eigenvalue weighted by atomic mass is 32.2. The second-order valence-electron chi connectivity index (χ2n) is 9.75. The van der Waals surface area contributed by atoms with E-state index in [1.54, 1.807) is 19.1 Å². The summed E-state index contributed by atoms with van der Waals surface area (Å²) in [6, 6.07) is 5.75. The number of para-hydroxylation sites is 1. The maximum absolute atomic E-state index is 13.3. The molecule has 3 N–H and O–H groups in total. The molecule has 10 nitrogen and oxygen atoms in total. The number of anilines is 1. The van der Waals surface area contributed by atoms with Crippen molar-refractivity contribution >= 4 is 41.4 Å². The van der Waals surface area contributed by atoms with Gasteiger partial charge in [-0.1, -0.05) is 31.4 Å². The number of carboxylic acids is 1. The minimum absolute atomic E-state index is 0.220. The lowest BCUT2D eigenvalue weighted by Crippen LogP contribution is -2.54. The minimum atomic E-state index is -1.11. The number of unbranched alkanes of at least 4 members (excludes halogenated alkanes) is 3. The van der Waals surface area contributed by atoms with Crippen LogP contribution in [0.4, 0.5) is 10.5 Å². The van der Waals surface area contributed by atoms with Crippen LogP contribution in [0.5, 0.6) is 0 Å². The Labute approximate surface area is 222 Å². The van der Waals surface area contributed by atoms with Gasteiger partial charge in [0, 0.05) is 17.2 Å². The average Bonchev–Trinajstić information content (AvgIpc) is 2.93. The van der Waals surface area contributed by atoms with Crippen LogP contribution >= 0.6 is 11.8 Å². The van der Waals surface area contributed by atoms with Crippen molar-refractivity contribution in [3.63, 3.8) is 0 Å². The fourth-order valence-corrected chi connectivity index (χ4v) is 4.94. The molecule has 2 atom stereocenters. The average molecular weight is 538 g/mol. The van der Waals surface area contributed by atoms with E-state index in [9.17, 15) is 24.3 Å². The number of carbonyl (C=O) groups excluding carboxylic acids is 3. The summed E-state index contributed by atoms with van der Waals surface area (Å²) in [7, 11) is 0. The van der Waals surface area contributed by atoms with Gasteiger partial charge in [0.15, 0.2) is 0 Å². The van der Waals surface area contributed by atoms with Crippen molar-refractivity contribution in [3.8, 4) is 0 Å². The Morgan fingerprint density at radius 1 is 1.16 bits per heavy atom. The first kappa shape index (κ1) is 30.4. The van der Waals surface area contributed by atoms with Gasteiger partial charge < -0.3 is 19.9 Å². The molecule has 37 heavy (non-hydrogen) atoms. The lowest BCUT2D eigenvalue weighted by Gasteiger charge is -2.27. The van der Waals surface area contributed by atoms with Crippen LogP contribution < -0.4 is 15.5 Å². The van der Waals surface area contributed by atoms with Gasteiger partial charge in [-0.2, -0.15) is 0 Å². The number of benzene rings is 1. The lowest BCUT2D eigenvalue weighted by atomic mass is 10.1. The second kappa shape index (κ2) is 14.8. The third kappa shape index (κ3) is 10.6. The number of aliphatic carboxylic acids is 1. The molecule has 0 radical (unpaired) electrons. The minimum Gasteiger partial charge on any atom is -0.480 e. The van der Waals surface area contributed by atoms with Gasteiger partial charge in [-0.25, -0.2) is 4.79 Å². The zero-order valence-electron chi connectivity index (χ0n) is 22.1. The summed E-state index contributed by atoms with van der Waals surface area (Å²) in [5, 5.41) is 15.3. The Hall–Kier alpha value is -2.79. The van der Waals surface area contributed by atoms with Crippen LogP contribution in [0.15, 0.2) is 29.2 Å². The Morgan fingerprint density at radius 3 is 2.54 bits per heavy atom. The van der Waals surface area contributed by atoms with Crippen LogP contribution in [0.3, 0.4) is 0 Å². The number of carbonyl (C=O) groups is 4. The van der Waals surface area contributed by atoms with E-state index in [1.807, 2.05) is 32.9 Å². The van der Waals surface area contributed by atoms with Crippen molar-refractivity contribution in [2.24, 2.45) is 0 Å². The molecule has 1 aromatic carbocycles. The SMILES string of the molecule is CCOC(=O)[C@H](CCCCCCNC(=O)OC(C)(C)C)N[C@H]1CSc2ccccc2N(CC(=O)O)C1=O. The topological polar surface area (TPSA) is 134 Å². The molecule has 0 spiro atoms. The van der Waals surface area contributed by atoms with E-state index in [1.165, 1.54) is 16.7 Å². The number of hydrogen-bond acceptors (Lipinski definition) is 8. The Balaban J connectivity index is 1.92. The van der Waals surface area contributed by atoms with Gasteiger partial charge in [0.1, 0.15) is 18.2 Å². The summed E-state index contributed by atoms with van der Waals surface area (Å²) >= 11 is 1.45. The molecule has 2 rings (SSSR count). The summed E-state index contributed by atoms with van der Waals surface area (Å²) in [6.45, 7) is 7.42. The first-order chi connectivity index (χ1) is 17.5. The molecule has 0 fully saturated rings. The number of nitrogens with one attached hydrogen (secondary N) is 2. The van der Waals surface area contributed by atoms with Crippen molar-refractivity contribution in [2.45, 2.75) is 82.4 Å². The van der Waals surface area contributed by atoms with E-state index in [-0.39, 0.29) is 12.5 Å². The fourth-order valence-electron chi connectivity index (χ4n) is 3.86. The monoisotopic (exact) mass is 537 g/mol. The standard InChI is InChI=1S/C26H39N3O7S/c1-5-35-24(33)18(12-8-6-7-11-15-27-25(34)36-26(2,3)4)28-19-17-37-21-14-10-9-13-20(21)29(23(19)32)16-22(30)31/h9-10,13-14,18-19,28H,5-8,11-12,15-17H2,1-4H3,(H,27,34)(H,30,31)/t18-,19-/m0/s1. The van der Waals surface area contributed by atoms with Gasteiger partial charge >= 0.3 is 18.0 Å². The van der Waals surface area contributed by atoms with E-state index in [0.29, 0.717) is 24.4 Å². The van der Waals surface area contributed by atoms with Crippen LogP contribution in [0.25, 0.3) is 0 Å². The highest BCUT2D eigenvalue weighted by Gasteiger charge is 2.34. The Morgan fingerprint density at radius 2 is 1.86 bits per heavy atom. The van der Waals surface area contributed by atoms with Crippen LogP contribution in [-0.2, 0) is 23.9 Å². The largest absolute Gasteiger partial charge is 0.480 e. The number of ether oxygens (including phenoxy) is 2. The molecule has 0 saturated carbocycles. The number of fused-ring (bicyclic) bond motifs is 1.